The van der Waals surface area contributed by atoms with Gasteiger partial charge in [0, 0.05) is 13.1 Å². The minimum Gasteiger partial charge on any atom is -0.493 e. The van der Waals surface area contributed by atoms with Crippen molar-refractivity contribution in [3.8, 4) is 11.5 Å². The lowest BCUT2D eigenvalue weighted by atomic mass is 10.1. The molecule has 1 aliphatic heterocycles. The third-order valence-corrected chi connectivity index (χ3v) is 6.40. The second kappa shape index (κ2) is 10.3. The summed E-state index contributed by atoms with van der Waals surface area (Å²) in [6, 6.07) is 12.2. The van der Waals surface area contributed by atoms with E-state index < -0.39 is 0 Å². The number of carbonyl (C=O) groups excluding carboxylic acids is 1. The Bertz CT molecular complexity index is 987. The predicted octanol–water partition coefficient (Wildman–Crippen LogP) is 5.50. The Kier molecular flexibility index (Phi) is 7.82. The Hall–Kier alpha value is -2.00. The van der Waals surface area contributed by atoms with Gasteiger partial charge in [-0.3, -0.25) is 14.7 Å². The van der Waals surface area contributed by atoms with Gasteiger partial charge in [0.1, 0.15) is 6.61 Å². The fourth-order valence-electron chi connectivity index (χ4n) is 2.99. The van der Waals surface area contributed by atoms with Gasteiger partial charge < -0.3 is 9.47 Å². The number of hydrogen-bond acceptors (Lipinski definition) is 5. The van der Waals surface area contributed by atoms with Crippen molar-refractivity contribution in [2.24, 2.45) is 4.99 Å². The van der Waals surface area contributed by atoms with Gasteiger partial charge in [0.15, 0.2) is 16.7 Å². The van der Waals surface area contributed by atoms with Crippen LogP contribution in [0.3, 0.4) is 0 Å². The zero-order valence-electron chi connectivity index (χ0n) is 17.6. The van der Waals surface area contributed by atoms with E-state index in [0.29, 0.717) is 36.1 Å². The zero-order chi connectivity index (χ0) is 21.7. The first-order chi connectivity index (χ1) is 14.5. The highest BCUT2D eigenvalue weighted by molar-refractivity contribution is 14.1. The van der Waals surface area contributed by atoms with E-state index in [0.717, 1.165) is 19.9 Å². The summed E-state index contributed by atoms with van der Waals surface area (Å²) in [5, 5.41) is 0.760. The van der Waals surface area contributed by atoms with E-state index in [4.69, 9.17) is 9.47 Å². The van der Waals surface area contributed by atoms with Crippen LogP contribution in [0.4, 0.5) is 0 Å². The monoisotopic (exact) mass is 536 g/mol. The first-order valence-electron chi connectivity index (χ1n) is 9.78. The second-order valence-corrected chi connectivity index (χ2v) is 8.90. The third kappa shape index (κ3) is 5.18. The first kappa shape index (κ1) is 22.7. The lowest BCUT2D eigenvalue weighted by Gasteiger charge is -2.14. The van der Waals surface area contributed by atoms with Crippen molar-refractivity contribution in [3.63, 3.8) is 0 Å². The number of benzene rings is 2. The summed E-state index contributed by atoms with van der Waals surface area (Å²) in [6.07, 6.45) is 1.89. The number of methoxy groups -OCH3 is 1. The number of thioether (sulfide) groups is 1. The smallest absolute Gasteiger partial charge is 0.266 e. The maximum absolute atomic E-state index is 12.7. The Labute approximate surface area is 195 Å². The van der Waals surface area contributed by atoms with Crippen LogP contribution in [-0.4, -0.2) is 36.2 Å². The van der Waals surface area contributed by atoms with Crippen molar-refractivity contribution < 1.29 is 14.3 Å². The molecule has 158 valence electrons. The van der Waals surface area contributed by atoms with E-state index in [-0.39, 0.29) is 5.91 Å². The van der Waals surface area contributed by atoms with Crippen LogP contribution in [0.25, 0.3) is 6.08 Å². The molecule has 2 aromatic rings. The molecule has 0 spiro atoms. The van der Waals surface area contributed by atoms with E-state index in [1.807, 2.05) is 32.1 Å². The fourth-order valence-corrected chi connectivity index (χ4v) is 4.88. The number of hydrogen-bond donors (Lipinski definition) is 0. The number of aryl methyl sites for hydroxylation is 1. The van der Waals surface area contributed by atoms with Crippen molar-refractivity contribution in [1.29, 1.82) is 0 Å². The molecule has 7 heteroatoms. The van der Waals surface area contributed by atoms with Gasteiger partial charge in [-0.15, -0.1) is 0 Å². The van der Waals surface area contributed by atoms with Gasteiger partial charge in [0.25, 0.3) is 5.91 Å². The van der Waals surface area contributed by atoms with Gasteiger partial charge in [0.2, 0.25) is 0 Å². The quantitative estimate of drug-likeness (QED) is 0.347. The molecule has 0 bridgehead atoms. The zero-order valence-corrected chi connectivity index (χ0v) is 20.5. The summed E-state index contributed by atoms with van der Waals surface area (Å²) < 4.78 is 12.6. The number of nitrogens with zero attached hydrogens (tertiary/aromatic N) is 2. The van der Waals surface area contributed by atoms with Crippen LogP contribution in [0, 0.1) is 10.5 Å². The molecule has 3 rings (SSSR count). The molecule has 0 aromatic heterocycles. The van der Waals surface area contributed by atoms with Crippen molar-refractivity contribution in [2.75, 3.05) is 20.2 Å². The molecule has 0 unspecified atom stereocenters. The Morgan fingerprint density at radius 1 is 1.20 bits per heavy atom. The van der Waals surface area contributed by atoms with E-state index in [1.165, 1.54) is 17.3 Å². The molecule has 1 fully saturated rings. The molecule has 2 aromatic carbocycles. The molecule has 5 nitrogen and oxygen atoms in total. The number of likely N-dealkylation sites (N-methyl/N-ethyl adjacent to an activating group) is 1. The number of amidine groups is 1. The summed E-state index contributed by atoms with van der Waals surface area (Å²) in [7, 11) is 1.63. The van der Waals surface area contributed by atoms with Gasteiger partial charge in [-0.05, 0) is 84.5 Å². The van der Waals surface area contributed by atoms with Gasteiger partial charge in [-0.2, -0.15) is 0 Å². The molecule has 0 saturated carbocycles. The molecule has 0 aliphatic carbocycles. The van der Waals surface area contributed by atoms with E-state index in [1.54, 1.807) is 12.0 Å². The topological polar surface area (TPSA) is 51.1 Å². The third-order valence-electron chi connectivity index (χ3n) is 4.55. The molecule has 0 radical (unpaired) electrons. The average molecular weight is 536 g/mol. The SMILES string of the molecule is CCN=C1S/C(=C/c2cc(I)c(OCc3ccc(C)cc3)c(OC)c2)C(=O)N1CC. The molecular formula is C23H25IN2O3S. The number of carbonyl (C=O) groups is 1. The number of ether oxygens (including phenoxy) is 2. The lowest BCUT2D eigenvalue weighted by Crippen LogP contribution is -2.28. The van der Waals surface area contributed by atoms with Crippen molar-refractivity contribution in [3.05, 3.63) is 61.6 Å². The first-order valence-corrected chi connectivity index (χ1v) is 11.7. The second-order valence-electron chi connectivity index (χ2n) is 6.73. The van der Waals surface area contributed by atoms with Gasteiger partial charge >= 0.3 is 0 Å². The Morgan fingerprint density at radius 3 is 2.57 bits per heavy atom. The van der Waals surface area contributed by atoms with Crippen LogP contribution in [0.15, 0.2) is 46.3 Å². The number of halogens is 1. The van der Waals surface area contributed by atoms with Crippen molar-refractivity contribution in [1.82, 2.24) is 4.90 Å². The highest BCUT2D eigenvalue weighted by atomic mass is 127. The number of aliphatic imine (C=N–C) groups is 1. The summed E-state index contributed by atoms with van der Waals surface area (Å²) in [6.45, 7) is 7.71. The Morgan fingerprint density at radius 2 is 1.93 bits per heavy atom. The fraction of sp³-hybridized carbons (Fsp3) is 0.304. The van der Waals surface area contributed by atoms with Crippen LogP contribution >= 0.6 is 34.4 Å². The van der Waals surface area contributed by atoms with E-state index in [9.17, 15) is 4.79 Å². The lowest BCUT2D eigenvalue weighted by molar-refractivity contribution is -0.122. The van der Waals surface area contributed by atoms with E-state index >= 15 is 0 Å². The molecule has 1 saturated heterocycles. The van der Waals surface area contributed by atoms with Gasteiger partial charge in [-0.25, -0.2) is 0 Å². The van der Waals surface area contributed by atoms with Crippen LogP contribution < -0.4 is 9.47 Å². The molecule has 30 heavy (non-hydrogen) atoms. The minimum atomic E-state index is -0.0108. The molecule has 1 amide bonds. The summed E-state index contributed by atoms with van der Waals surface area (Å²) >= 11 is 3.66. The van der Waals surface area contributed by atoms with Gasteiger partial charge in [0.05, 0.1) is 15.6 Å². The summed E-state index contributed by atoms with van der Waals surface area (Å²) in [4.78, 5) is 19.5. The van der Waals surface area contributed by atoms with Crippen LogP contribution in [0.5, 0.6) is 11.5 Å². The molecule has 1 heterocycles. The summed E-state index contributed by atoms with van der Waals surface area (Å²) in [5.74, 6) is 1.34. The molecule has 0 N–H and O–H groups in total. The molecule has 0 atom stereocenters. The standard InChI is InChI=1S/C23H25IN2O3S/c1-5-25-23-26(6-2)22(27)20(30-23)13-17-11-18(24)21(19(12-17)28-4)29-14-16-9-7-15(3)8-10-16/h7-13H,5-6,14H2,1-4H3/b20-13+,25-23?. The maximum atomic E-state index is 12.7. The van der Waals surface area contributed by atoms with Gasteiger partial charge in [-0.1, -0.05) is 29.8 Å². The van der Waals surface area contributed by atoms with Crippen molar-refractivity contribution in [2.45, 2.75) is 27.4 Å². The maximum Gasteiger partial charge on any atom is 0.266 e. The highest BCUT2D eigenvalue weighted by Gasteiger charge is 2.31. The Balaban J connectivity index is 1.84. The van der Waals surface area contributed by atoms with E-state index in [2.05, 4.69) is 58.8 Å². The largest absolute Gasteiger partial charge is 0.493 e. The van der Waals surface area contributed by atoms with Crippen LogP contribution in [-0.2, 0) is 11.4 Å². The van der Waals surface area contributed by atoms with Crippen LogP contribution in [0.2, 0.25) is 0 Å². The summed E-state index contributed by atoms with van der Waals surface area (Å²) in [5.41, 5.74) is 3.21. The average Bonchev–Trinajstić information content (AvgIpc) is 3.02. The molecule has 1 aliphatic rings. The number of rotatable bonds is 7. The minimum absolute atomic E-state index is 0.0108. The van der Waals surface area contributed by atoms with Crippen LogP contribution in [0.1, 0.15) is 30.5 Å². The number of amides is 1. The highest BCUT2D eigenvalue weighted by Crippen LogP contribution is 2.37. The molecular weight excluding hydrogens is 511 g/mol. The predicted molar refractivity (Wildman–Crippen MR) is 132 cm³/mol. The normalized spacial score (nSPS) is 16.6. The van der Waals surface area contributed by atoms with Crippen molar-refractivity contribution >= 4 is 51.5 Å².